The number of nitrogens with zero attached hydrogens (tertiary/aromatic N) is 1. The van der Waals surface area contributed by atoms with Crippen molar-refractivity contribution in [3.63, 3.8) is 0 Å². The maximum Gasteiger partial charge on any atom is 0.142 e. The first kappa shape index (κ1) is 13.7. The highest BCUT2D eigenvalue weighted by Crippen LogP contribution is 2.39. The number of hydrogen-bond donors (Lipinski definition) is 2. The van der Waals surface area contributed by atoms with Crippen LogP contribution in [0.1, 0.15) is 23.6 Å². The number of nitrogens with one attached hydrogen (secondary N) is 1. The molecule has 2 N–H and O–H groups in total. The zero-order valence-electron chi connectivity index (χ0n) is 12.6. The van der Waals surface area contributed by atoms with Gasteiger partial charge in [0.15, 0.2) is 0 Å². The van der Waals surface area contributed by atoms with Crippen LogP contribution in [0.2, 0.25) is 0 Å². The van der Waals surface area contributed by atoms with Gasteiger partial charge in [0.2, 0.25) is 0 Å². The third-order valence-corrected chi connectivity index (χ3v) is 4.14. The van der Waals surface area contributed by atoms with Crippen molar-refractivity contribution in [1.29, 1.82) is 0 Å². The summed E-state index contributed by atoms with van der Waals surface area (Å²) in [6, 6.07) is 13.6. The molecule has 1 aliphatic rings. The van der Waals surface area contributed by atoms with Crippen molar-refractivity contribution in [3.8, 4) is 11.5 Å². The summed E-state index contributed by atoms with van der Waals surface area (Å²) in [5.74, 6) is 0.696. The molecule has 0 bridgehead atoms. The molecule has 5 heteroatoms. The number of phenols is 1. The van der Waals surface area contributed by atoms with Gasteiger partial charge in [0.05, 0.1) is 36.1 Å². The Morgan fingerprint density at radius 2 is 2.09 bits per heavy atom. The van der Waals surface area contributed by atoms with E-state index in [0.717, 1.165) is 16.7 Å². The molecule has 23 heavy (non-hydrogen) atoms. The van der Waals surface area contributed by atoms with Crippen molar-refractivity contribution in [2.75, 3.05) is 7.11 Å². The smallest absolute Gasteiger partial charge is 0.142 e. The largest absolute Gasteiger partial charge is 0.507 e. The van der Waals surface area contributed by atoms with Gasteiger partial charge in [0.25, 0.3) is 0 Å². The lowest BCUT2D eigenvalue weighted by atomic mass is 9.97. The molecule has 3 aromatic rings. The molecule has 0 radical (unpaired) electrons. The monoisotopic (exact) mass is 308 g/mol. The summed E-state index contributed by atoms with van der Waals surface area (Å²) in [6.07, 6.45) is 2.26. The minimum absolute atomic E-state index is 0.0929. The summed E-state index contributed by atoms with van der Waals surface area (Å²) >= 11 is 0. The number of aromatic hydroxyl groups is 1. The number of ether oxygens (including phenoxy) is 1. The second-order valence-electron chi connectivity index (χ2n) is 5.49. The molecule has 116 valence electrons. The lowest BCUT2D eigenvalue weighted by Crippen LogP contribution is -2.09. The number of hydrogen-bond acceptors (Lipinski definition) is 5. The molecule has 1 atom stereocenters. The Morgan fingerprint density at radius 1 is 1.26 bits per heavy atom. The number of methoxy groups -OCH3 is 1. The zero-order valence-corrected chi connectivity index (χ0v) is 12.6. The van der Waals surface area contributed by atoms with Gasteiger partial charge in [-0.1, -0.05) is 30.3 Å². The Bertz CT molecular complexity index is 884. The Kier molecular flexibility index (Phi) is 3.19. The zero-order chi connectivity index (χ0) is 15.8. The van der Waals surface area contributed by atoms with Crippen molar-refractivity contribution in [1.82, 2.24) is 5.43 Å². The highest BCUT2D eigenvalue weighted by Gasteiger charge is 2.27. The number of fused-ring (bicyclic) bond motifs is 1. The first-order valence-electron chi connectivity index (χ1n) is 7.42. The molecule has 1 aliphatic heterocycles. The van der Waals surface area contributed by atoms with Gasteiger partial charge in [-0.25, -0.2) is 0 Å². The average molecular weight is 308 g/mol. The highest BCUT2D eigenvalue weighted by molar-refractivity contribution is 6.10. The maximum absolute atomic E-state index is 10.4. The van der Waals surface area contributed by atoms with Gasteiger partial charge in [0.1, 0.15) is 17.1 Å². The van der Waals surface area contributed by atoms with E-state index in [2.05, 4.69) is 22.7 Å². The van der Waals surface area contributed by atoms with E-state index in [1.165, 1.54) is 0 Å². The van der Waals surface area contributed by atoms with Crippen molar-refractivity contribution in [2.45, 2.75) is 12.5 Å². The van der Waals surface area contributed by atoms with E-state index in [0.29, 0.717) is 23.3 Å². The molecule has 2 heterocycles. The predicted molar refractivity (Wildman–Crippen MR) is 87.9 cm³/mol. The number of benzene rings is 2. The predicted octanol–water partition coefficient (Wildman–Crippen LogP) is 3.59. The van der Waals surface area contributed by atoms with E-state index in [4.69, 9.17) is 9.15 Å². The Morgan fingerprint density at radius 3 is 2.87 bits per heavy atom. The lowest BCUT2D eigenvalue weighted by Gasteiger charge is -2.12. The van der Waals surface area contributed by atoms with Crippen LogP contribution in [0.25, 0.3) is 11.0 Å². The van der Waals surface area contributed by atoms with E-state index in [1.807, 2.05) is 24.3 Å². The average Bonchev–Trinajstić information content (AvgIpc) is 3.23. The third-order valence-electron chi connectivity index (χ3n) is 4.14. The van der Waals surface area contributed by atoms with E-state index in [9.17, 15) is 5.11 Å². The first-order chi connectivity index (χ1) is 11.3. The highest BCUT2D eigenvalue weighted by atomic mass is 16.5. The van der Waals surface area contributed by atoms with Gasteiger partial charge >= 0.3 is 0 Å². The molecular weight excluding hydrogens is 292 g/mol. The quantitative estimate of drug-likeness (QED) is 0.776. The maximum atomic E-state index is 10.4. The molecular formula is C18H16N2O3. The minimum atomic E-state index is 0.0929. The second-order valence-corrected chi connectivity index (χ2v) is 5.49. The summed E-state index contributed by atoms with van der Waals surface area (Å²) in [7, 11) is 1.59. The third kappa shape index (κ3) is 2.21. The number of rotatable bonds is 3. The number of phenolic OH excluding ortho intramolecular Hbond substituents is 1. The molecule has 1 aromatic heterocycles. The van der Waals surface area contributed by atoms with Crippen molar-refractivity contribution >= 4 is 16.7 Å². The van der Waals surface area contributed by atoms with Gasteiger partial charge in [-0.05, 0) is 11.6 Å². The molecule has 0 aliphatic carbocycles. The first-order valence-corrected chi connectivity index (χ1v) is 7.42. The van der Waals surface area contributed by atoms with Gasteiger partial charge in [-0.3, -0.25) is 0 Å². The van der Waals surface area contributed by atoms with Crippen LogP contribution in [0.3, 0.4) is 0 Å². The summed E-state index contributed by atoms with van der Waals surface area (Å²) in [6.45, 7) is 0. The molecule has 5 nitrogen and oxygen atoms in total. The summed E-state index contributed by atoms with van der Waals surface area (Å²) < 4.78 is 10.9. The van der Waals surface area contributed by atoms with Crippen molar-refractivity contribution in [2.24, 2.45) is 5.10 Å². The van der Waals surface area contributed by atoms with Gasteiger partial charge in [0, 0.05) is 12.5 Å². The summed E-state index contributed by atoms with van der Waals surface area (Å²) in [5.41, 5.74) is 6.29. The summed E-state index contributed by atoms with van der Waals surface area (Å²) in [4.78, 5) is 0. The van der Waals surface area contributed by atoms with E-state index >= 15 is 0 Å². The van der Waals surface area contributed by atoms with Gasteiger partial charge in [-0.2, -0.15) is 5.10 Å². The van der Waals surface area contributed by atoms with Crippen molar-refractivity contribution in [3.05, 3.63) is 59.9 Å². The van der Waals surface area contributed by atoms with Crippen LogP contribution in [0, 0.1) is 0 Å². The SMILES string of the molecule is COc1c(C2=NNC(c3ccccc3)C2)c(O)cc2occc12. The van der Waals surface area contributed by atoms with Crippen LogP contribution in [-0.4, -0.2) is 17.9 Å². The normalized spacial score (nSPS) is 17.1. The minimum Gasteiger partial charge on any atom is -0.507 e. The molecule has 0 fully saturated rings. The van der Waals surface area contributed by atoms with Crippen LogP contribution in [0.4, 0.5) is 0 Å². The molecule has 4 rings (SSSR count). The molecule has 0 saturated carbocycles. The molecule has 1 unspecified atom stereocenters. The number of furan rings is 1. The van der Waals surface area contributed by atoms with E-state index in [1.54, 1.807) is 19.4 Å². The van der Waals surface area contributed by atoms with E-state index in [-0.39, 0.29) is 11.8 Å². The molecule has 0 spiro atoms. The van der Waals surface area contributed by atoms with Crippen LogP contribution < -0.4 is 10.2 Å². The topological polar surface area (TPSA) is 67.0 Å². The van der Waals surface area contributed by atoms with Gasteiger partial charge in [-0.15, -0.1) is 0 Å². The second kappa shape index (κ2) is 5.35. The standard InChI is InChI=1S/C18H16N2O3/c1-22-18-12-7-8-23-16(12)10-15(21)17(18)14-9-13(19-20-14)11-5-3-2-4-6-11/h2-8,10,13,19,21H,9H2,1H3. The molecule has 0 saturated heterocycles. The Balaban J connectivity index is 1.74. The fourth-order valence-electron chi connectivity index (χ4n) is 3.03. The lowest BCUT2D eigenvalue weighted by molar-refractivity contribution is 0.411. The van der Waals surface area contributed by atoms with Crippen LogP contribution >= 0.6 is 0 Å². The van der Waals surface area contributed by atoms with Gasteiger partial charge < -0.3 is 19.7 Å². The van der Waals surface area contributed by atoms with E-state index < -0.39 is 0 Å². The molecule has 2 aromatic carbocycles. The Labute approximate surface area is 133 Å². The van der Waals surface area contributed by atoms with Crippen LogP contribution in [0.15, 0.2) is 58.2 Å². The molecule has 0 amide bonds. The van der Waals surface area contributed by atoms with Crippen LogP contribution in [0.5, 0.6) is 11.5 Å². The fourth-order valence-corrected chi connectivity index (χ4v) is 3.03. The Hall–Kier alpha value is -2.95. The fraction of sp³-hybridized carbons (Fsp3) is 0.167. The van der Waals surface area contributed by atoms with Crippen molar-refractivity contribution < 1.29 is 14.3 Å². The number of hydrazone groups is 1. The summed E-state index contributed by atoms with van der Waals surface area (Å²) in [5, 5.41) is 15.7. The van der Waals surface area contributed by atoms with Crippen LogP contribution in [-0.2, 0) is 0 Å².